The van der Waals surface area contributed by atoms with E-state index in [1.54, 1.807) is 30.0 Å². The molecule has 1 atom stereocenters. The van der Waals surface area contributed by atoms with Crippen molar-refractivity contribution in [2.75, 3.05) is 24.7 Å². The highest BCUT2D eigenvalue weighted by Gasteiger charge is 2.38. The summed E-state index contributed by atoms with van der Waals surface area (Å²) < 4.78 is 45.7. The number of ether oxygens (including phenoxy) is 3. The highest BCUT2D eigenvalue weighted by molar-refractivity contribution is 7.80. The zero-order chi connectivity index (χ0) is 22.8. The number of nitrogens with one attached hydrogen (secondary N) is 1. The molecular weight excluding hydrogens is 438 g/mol. The fraction of sp³-hybridized carbons (Fsp3) is 0.217. The van der Waals surface area contributed by atoms with Gasteiger partial charge in [0.1, 0.15) is 31.5 Å². The van der Waals surface area contributed by atoms with Crippen LogP contribution in [0.25, 0.3) is 0 Å². The van der Waals surface area contributed by atoms with Crippen LogP contribution < -0.4 is 19.7 Å². The molecule has 166 valence electrons. The number of anilines is 1. The summed E-state index contributed by atoms with van der Waals surface area (Å²) in [6, 6.07) is 7.54. The molecule has 0 bridgehead atoms. The van der Waals surface area contributed by atoms with E-state index in [-0.39, 0.29) is 22.9 Å². The first kappa shape index (κ1) is 21.8. The third-order valence-corrected chi connectivity index (χ3v) is 5.41. The number of carbonyl (C=O) groups is 1. The molecular formula is C23H20F2N2O4S. The number of carbonyl (C=O) groups excluding carboxylic acids is 1. The van der Waals surface area contributed by atoms with Crippen molar-refractivity contribution in [2.45, 2.75) is 13.0 Å². The normalized spacial score (nSPS) is 17.7. The van der Waals surface area contributed by atoms with Crippen molar-refractivity contribution in [1.82, 2.24) is 5.32 Å². The third-order valence-electron chi connectivity index (χ3n) is 5.11. The Morgan fingerprint density at radius 3 is 2.62 bits per heavy atom. The molecule has 0 aromatic heterocycles. The second-order valence-electron chi connectivity index (χ2n) is 7.07. The zero-order valence-electron chi connectivity index (χ0n) is 17.2. The molecule has 0 fully saturated rings. The molecule has 6 nitrogen and oxygen atoms in total. The summed E-state index contributed by atoms with van der Waals surface area (Å²) >= 11 is 5.53. The van der Waals surface area contributed by atoms with Crippen LogP contribution in [-0.4, -0.2) is 30.9 Å². The van der Waals surface area contributed by atoms with Gasteiger partial charge in [-0.05, 0) is 43.4 Å². The van der Waals surface area contributed by atoms with Crippen molar-refractivity contribution in [3.05, 3.63) is 77.5 Å². The Morgan fingerprint density at radius 1 is 1.25 bits per heavy atom. The maximum atomic E-state index is 14.6. The summed E-state index contributed by atoms with van der Waals surface area (Å²) in [5.74, 6) is -1.23. The predicted octanol–water partition coefficient (Wildman–Crippen LogP) is 4.18. The van der Waals surface area contributed by atoms with E-state index in [0.717, 1.165) is 12.1 Å². The van der Waals surface area contributed by atoms with Crippen LogP contribution in [0.3, 0.4) is 0 Å². The van der Waals surface area contributed by atoms with Crippen molar-refractivity contribution in [3.63, 3.8) is 0 Å². The van der Waals surface area contributed by atoms with Gasteiger partial charge in [0.25, 0.3) is 0 Å². The van der Waals surface area contributed by atoms with E-state index >= 15 is 0 Å². The number of allylic oxidation sites excluding steroid dienone is 1. The summed E-state index contributed by atoms with van der Waals surface area (Å²) in [7, 11) is 0. The molecule has 2 aliphatic heterocycles. The molecule has 0 spiro atoms. The maximum Gasteiger partial charge on any atom is 0.338 e. The van der Waals surface area contributed by atoms with Crippen LogP contribution in [0.1, 0.15) is 18.5 Å². The van der Waals surface area contributed by atoms with E-state index in [1.165, 1.54) is 12.1 Å². The van der Waals surface area contributed by atoms with Crippen molar-refractivity contribution in [2.24, 2.45) is 0 Å². The van der Waals surface area contributed by atoms with Crippen molar-refractivity contribution >= 4 is 29.0 Å². The molecule has 1 N–H and O–H groups in total. The lowest BCUT2D eigenvalue weighted by Crippen LogP contribution is -2.48. The minimum atomic E-state index is -1.17. The largest absolute Gasteiger partial charge is 0.486 e. The van der Waals surface area contributed by atoms with E-state index in [1.807, 2.05) is 0 Å². The number of hydrogen-bond acceptors (Lipinski definition) is 5. The smallest absolute Gasteiger partial charge is 0.338 e. The molecule has 0 amide bonds. The highest BCUT2D eigenvalue weighted by Crippen LogP contribution is 2.39. The summed E-state index contributed by atoms with van der Waals surface area (Å²) in [6.07, 6.45) is 1.41. The SMILES string of the molecule is C=CCOC(=O)C1=C(C)N(c2ccc3c(c2)OCCO3)C(=S)N[C@@H]1c1c(F)cccc1F. The highest BCUT2D eigenvalue weighted by atomic mass is 32.1. The number of halogens is 2. The molecule has 4 rings (SSSR count). The standard InChI is InChI=1S/C23H20F2N2O4S/c1-3-9-31-22(28)19-13(2)27(14-7-8-17-18(12-14)30-11-10-29-17)23(32)26-21(19)20-15(24)5-4-6-16(20)25/h3-8,12,21H,1,9-11H2,2H3,(H,26,32)/t21-/m0/s1. The number of fused-ring (bicyclic) bond motifs is 1. The summed E-state index contributed by atoms with van der Waals surface area (Å²) in [6.45, 7) is 5.97. The number of nitrogens with zero attached hydrogens (tertiary/aromatic N) is 1. The Bertz CT molecular complexity index is 1110. The summed E-state index contributed by atoms with van der Waals surface area (Å²) in [5.41, 5.74) is 0.666. The number of thiocarbonyl (C=S) groups is 1. The van der Waals surface area contributed by atoms with Crippen molar-refractivity contribution in [1.29, 1.82) is 0 Å². The van der Waals surface area contributed by atoms with Gasteiger partial charge < -0.3 is 19.5 Å². The lowest BCUT2D eigenvalue weighted by molar-refractivity contribution is -0.138. The van der Waals surface area contributed by atoms with Crippen LogP contribution in [-0.2, 0) is 9.53 Å². The van der Waals surface area contributed by atoms with Gasteiger partial charge in [0.15, 0.2) is 16.6 Å². The fourth-order valence-electron chi connectivity index (χ4n) is 3.70. The van der Waals surface area contributed by atoms with E-state index in [9.17, 15) is 13.6 Å². The van der Waals surface area contributed by atoms with E-state index in [0.29, 0.717) is 36.1 Å². The quantitative estimate of drug-likeness (QED) is 0.410. The van der Waals surface area contributed by atoms with Gasteiger partial charge in [0.2, 0.25) is 0 Å². The third kappa shape index (κ3) is 3.91. The van der Waals surface area contributed by atoms with Crippen LogP contribution in [0.5, 0.6) is 11.5 Å². The molecule has 0 aliphatic carbocycles. The average Bonchev–Trinajstić information content (AvgIpc) is 2.77. The maximum absolute atomic E-state index is 14.6. The first-order chi connectivity index (χ1) is 15.4. The zero-order valence-corrected chi connectivity index (χ0v) is 18.0. The first-order valence-corrected chi connectivity index (χ1v) is 10.3. The molecule has 2 aliphatic rings. The Hall–Kier alpha value is -3.46. The number of rotatable bonds is 5. The molecule has 0 unspecified atom stereocenters. The van der Waals surface area contributed by atoms with E-state index in [4.69, 9.17) is 26.4 Å². The average molecular weight is 458 g/mol. The molecule has 0 saturated heterocycles. The van der Waals surface area contributed by atoms with Crippen LogP contribution in [0.2, 0.25) is 0 Å². The van der Waals surface area contributed by atoms with Gasteiger partial charge in [0, 0.05) is 11.8 Å². The predicted molar refractivity (Wildman–Crippen MR) is 119 cm³/mol. The topological polar surface area (TPSA) is 60.0 Å². The van der Waals surface area contributed by atoms with Gasteiger partial charge in [-0.1, -0.05) is 18.7 Å². The van der Waals surface area contributed by atoms with Gasteiger partial charge in [0.05, 0.1) is 22.9 Å². The molecule has 32 heavy (non-hydrogen) atoms. The van der Waals surface area contributed by atoms with Crippen LogP contribution in [0.4, 0.5) is 14.5 Å². The Balaban J connectivity index is 1.84. The van der Waals surface area contributed by atoms with Gasteiger partial charge >= 0.3 is 5.97 Å². The Labute approximate surface area is 189 Å². The van der Waals surface area contributed by atoms with Gasteiger partial charge in [-0.15, -0.1) is 0 Å². The van der Waals surface area contributed by atoms with Gasteiger partial charge in [-0.2, -0.15) is 0 Å². The molecule has 0 saturated carbocycles. The Kier molecular flexibility index (Phi) is 6.09. The number of benzene rings is 2. The minimum Gasteiger partial charge on any atom is -0.486 e. The molecule has 2 aromatic rings. The monoisotopic (exact) mass is 458 g/mol. The molecule has 0 radical (unpaired) electrons. The summed E-state index contributed by atoms with van der Waals surface area (Å²) in [4.78, 5) is 14.6. The lowest BCUT2D eigenvalue weighted by atomic mass is 9.94. The molecule has 9 heteroatoms. The summed E-state index contributed by atoms with van der Waals surface area (Å²) in [5, 5.41) is 3.06. The van der Waals surface area contributed by atoms with E-state index < -0.39 is 23.6 Å². The first-order valence-electron chi connectivity index (χ1n) is 9.85. The van der Waals surface area contributed by atoms with Crippen molar-refractivity contribution in [3.8, 4) is 11.5 Å². The lowest BCUT2D eigenvalue weighted by Gasteiger charge is -2.38. The number of hydrogen-bond donors (Lipinski definition) is 1. The molecule has 2 heterocycles. The second-order valence-corrected chi connectivity index (χ2v) is 7.45. The van der Waals surface area contributed by atoms with Gasteiger partial charge in [-0.25, -0.2) is 13.6 Å². The van der Waals surface area contributed by atoms with Gasteiger partial charge in [-0.3, -0.25) is 4.90 Å². The minimum absolute atomic E-state index is 0.0272. The Morgan fingerprint density at radius 2 is 1.94 bits per heavy atom. The molecule has 2 aromatic carbocycles. The van der Waals surface area contributed by atoms with Crippen LogP contribution in [0, 0.1) is 11.6 Å². The van der Waals surface area contributed by atoms with Crippen molar-refractivity contribution < 1.29 is 27.8 Å². The van der Waals surface area contributed by atoms with Crippen LogP contribution in [0.15, 0.2) is 60.3 Å². The second kappa shape index (κ2) is 8.96. The van der Waals surface area contributed by atoms with E-state index in [2.05, 4.69) is 11.9 Å². The fourth-order valence-corrected chi connectivity index (χ4v) is 4.06. The number of esters is 1. The van der Waals surface area contributed by atoms with Crippen LogP contribution >= 0.6 is 12.2 Å².